The maximum atomic E-state index is 11.8. The molecule has 3 N–H and O–H groups in total. The van der Waals surface area contributed by atoms with Gasteiger partial charge in [0.05, 0.1) is 0 Å². The molecule has 0 atom stereocenters. The molecule has 0 aliphatic rings. The molecule has 2 aromatic carbocycles. The number of benzene rings is 2. The van der Waals surface area contributed by atoms with Crippen molar-refractivity contribution < 1.29 is 9.53 Å². The van der Waals surface area contributed by atoms with Crippen molar-refractivity contribution in [1.82, 2.24) is 20.9 Å². The number of halogens is 1. The summed E-state index contributed by atoms with van der Waals surface area (Å²) in [6.45, 7) is 9.30. The molecule has 0 bridgehead atoms. The molecule has 0 unspecified atom stereocenters. The van der Waals surface area contributed by atoms with Crippen molar-refractivity contribution >= 4 is 35.8 Å². The average molecular weight is 568 g/mol. The molecule has 0 aliphatic carbocycles. The minimum Gasteiger partial charge on any atom is -0.492 e. The third-order valence-corrected chi connectivity index (χ3v) is 5.32. The lowest BCUT2D eigenvalue weighted by atomic mass is 10.1. The number of carbonyl (C=O) groups is 1. The quantitative estimate of drug-likeness (QED) is 0.209. The van der Waals surface area contributed by atoms with Crippen LogP contribution in [0.3, 0.4) is 0 Å². The number of nitrogens with zero attached hydrogens (tertiary/aromatic N) is 2. The van der Waals surface area contributed by atoms with E-state index in [0.29, 0.717) is 25.3 Å². The number of hydrogen-bond acceptors (Lipinski definition) is 4. The molecule has 0 aromatic heterocycles. The second-order valence-corrected chi connectivity index (χ2v) is 7.37. The van der Waals surface area contributed by atoms with Gasteiger partial charge in [0, 0.05) is 44.9 Å². The van der Waals surface area contributed by atoms with Gasteiger partial charge in [-0.15, -0.1) is 24.0 Å². The third-order valence-electron chi connectivity index (χ3n) is 5.32. The second kappa shape index (κ2) is 16.3. The average Bonchev–Trinajstić information content (AvgIpc) is 2.84. The van der Waals surface area contributed by atoms with E-state index in [1.54, 1.807) is 14.1 Å². The molecular weight excluding hydrogens is 529 g/mol. The fraction of sp³-hybridized carbons (Fsp3) is 0.440. The minimum atomic E-state index is -0.0738. The van der Waals surface area contributed by atoms with Crippen molar-refractivity contribution in [3.05, 3.63) is 65.2 Å². The maximum absolute atomic E-state index is 11.8. The first-order valence-corrected chi connectivity index (χ1v) is 11.3. The van der Waals surface area contributed by atoms with Crippen molar-refractivity contribution in [2.45, 2.75) is 26.8 Å². The molecule has 0 aliphatic heterocycles. The first-order chi connectivity index (χ1) is 15.6. The Balaban J connectivity index is 0.00000544. The van der Waals surface area contributed by atoms with Crippen LogP contribution in [0.15, 0.2) is 53.5 Å². The van der Waals surface area contributed by atoms with Gasteiger partial charge in [0.25, 0.3) is 5.91 Å². The van der Waals surface area contributed by atoms with Crippen LogP contribution < -0.4 is 20.7 Å². The molecule has 0 heterocycles. The molecule has 0 spiro atoms. The highest BCUT2D eigenvalue weighted by Crippen LogP contribution is 2.17. The summed E-state index contributed by atoms with van der Waals surface area (Å²) in [5.41, 5.74) is 2.86. The van der Waals surface area contributed by atoms with E-state index < -0.39 is 0 Å². The first kappa shape index (κ1) is 28.7. The van der Waals surface area contributed by atoms with Crippen LogP contribution in [0.4, 0.5) is 0 Å². The minimum absolute atomic E-state index is 0. The zero-order chi connectivity index (χ0) is 23.2. The molecule has 0 fully saturated rings. The summed E-state index contributed by atoms with van der Waals surface area (Å²) in [6, 6.07) is 15.8. The lowest BCUT2D eigenvalue weighted by Gasteiger charge is -2.19. The fourth-order valence-electron chi connectivity index (χ4n) is 3.35. The Hall–Kier alpha value is -2.33. The van der Waals surface area contributed by atoms with Crippen molar-refractivity contribution in [2.24, 2.45) is 4.99 Å². The van der Waals surface area contributed by atoms with E-state index >= 15 is 0 Å². The van der Waals surface area contributed by atoms with Crippen LogP contribution in [0.2, 0.25) is 0 Å². The smallest absolute Gasteiger partial charge is 0.251 e. The van der Waals surface area contributed by atoms with Gasteiger partial charge >= 0.3 is 0 Å². The third kappa shape index (κ3) is 10.00. The number of para-hydroxylation sites is 1. The fourth-order valence-corrected chi connectivity index (χ4v) is 3.35. The number of nitrogens with one attached hydrogen (secondary N) is 3. The van der Waals surface area contributed by atoms with Crippen molar-refractivity contribution in [3.63, 3.8) is 0 Å². The zero-order valence-electron chi connectivity index (χ0n) is 20.2. The largest absolute Gasteiger partial charge is 0.492 e. The Morgan fingerprint density at radius 2 is 1.82 bits per heavy atom. The highest BCUT2D eigenvalue weighted by molar-refractivity contribution is 14.0. The molecule has 0 saturated heterocycles. The van der Waals surface area contributed by atoms with Gasteiger partial charge in [-0.25, -0.2) is 0 Å². The number of ether oxygens (including phenoxy) is 1. The van der Waals surface area contributed by atoms with Gasteiger partial charge in [-0.1, -0.05) is 44.2 Å². The summed E-state index contributed by atoms with van der Waals surface area (Å²) < 4.78 is 6.04. The topological polar surface area (TPSA) is 78.0 Å². The number of likely N-dealkylation sites (N-methyl/N-ethyl adjacent to an activating group) is 1. The van der Waals surface area contributed by atoms with E-state index in [1.165, 1.54) is 0 Å². The molecule has 2 aromatic rings. The van der Waals surface area contributed by atoms with Crippen molar-refractivity contribution in [1.29, 1.82) is 0 Å². The lowest BCUT2D eigenvalue weighted by Crippen LogP contribution is -2.38. The number of carbonyl (C=O) groups excluding carboxylic acids is 1. The van der Waals surface area contributed by atoms with Crippen LogP contribution in [-0.4, -0.2) is 63.6 Å². The molecule has 0 saturated carbocycles. The summed E-state index contributed by atoms with van der Waals surface area (Å²) in [5.74, 6) is 1.55. The van der Waals surface area contributed by atoms with Gasteiger partial charge in [-0.2, -0.15) is 0 Å². The van der Waals surface area contributed by atoms with Gasteiger partial charge in [-0.3, -0.25) is 9.79 Å². The summed E-state index contributed by atoms with van der Waals surface area (Å²) in [6.07, 6.45) is 0.788. The Bertz CT molecular complexity index is 871. The SMILES string of the molecule is CCN(CC)CCOc1ccccc1CNC(=NC)NCCc1cccc(C(=O)NC)c1.I. The van der Waals surface area contributed by atoms with Gasteiger partial charge < -0.3 is 25.6 Å². The van der Waals surface area contributed by atoms with Crippen molar-refractivity contribution in [2.75, 3.05) is 46.9 Å². The van der Waals surface area contributed by atoms with Crippen LogP contribution in [0.5, 0.6) is 5.75 Å². The van der Waals surface area contributed by atoms with E-state index in [4.69, 9.17) is 4.74 Å². The van der Waals surface area contributed by atoms with Gasteiger partial charge in [-0.05, 0) is 43.3 Å². The van der Waals surface area contributed by atoms with Crippen LogP contribution >= 0.6 is 24.0 Å². The van der Waals surface area contributed by atoms with E-state index in [1.807, 2.05) is 42.5 Å². The number of aliphatic imine (C=N–C) groups is 1. The summed E-state index contributed by atoms with van der Waals surface area (Å²) in [5, 5.41) is 9.35. The monoisotopic (exact) mass is 567 g/mol. The van der Waals surface area contributed by atoms with E-state index in [2.05, 4.69) is 45.8 Å². The van der Waals surface area contributed by atoms with Crippen LogP contribution in [0.25, 0.3) is 0 Å². The Labute approximate surface area is 215 Å². The van der Waals surface area contributed by atoms with Crippen LogP contribution in [0, 0.1) is 0 Å². The summed E-state index contributed by atoms with van der Waals surface area (Å²) >= 11 is 0. The van der Waals surface area contributed by atoms with Crippen LogP contribution in [0.1, 0.15) is 35.3 Å². The Kier molecular flexibility index (Phi) is 14.2. The number of guanidine groups is 1. The Morgan fingerprint density at radius 3 is 2.52 bits per heavy atom. The van der Waals surface area contributed by atoms with E-state index in [9.17, 15) is 4.79 Å². The van der Waals surface area contributed by atoms with Crippen molar-refractivity contribution in [3.8, 4) is 5.75 Å². The highest BCUT2D eigenvalue weighted by atomic mass is 127. The molecule has 0 radical (unpaired) electrons. The molecule has 33 heavy (non-hydrogen) atoms. The molecular formula is C25H38IN5O2. The number of hydrogen-bond donors (Lipinski definition) is 3. The second-order valence-electron chi connectivity index (χ2n) is 7.37. The zero-order valence-corrected chi connectivity index (χ0v) is 22.5. The predicted molar refractivity (Wildman–Crippen MR) is 147 cm³/mol. The standard InChI is InChI=1S/C25H37N5O2.HI/c1-5-30(6-2)16-17-32-23-13-8-7-11-22(23)19-29-25(27-4)28-15-14-20-10-9-12-21(18-20)24(31)26-3;/h7-13,18H,5-6,14-17,19H2,1-4H3,(H,26,31)(H2,27,28,29);1H. The molecule has 1 amide bonds. The van der Waals surface area contributed by atoms with E-state index in [0.717, 1.165) is 48.9 Å². The normalized spacial score (nSPS) is 11.0. The summed E-state index contributed by atoms with van der Waals surface area (Å²) in [4.78, 5) is 18.5. The molecule has 2 rings (SSSR count). The lowest BCUT2D eigenvalue weighted by molar-refractivity contribution is 0.0963. The highest BCUT2D eigenvalue weighted by Gasteiger charge is 2.07. The van der Waals surface area contributed by atoms with Gasteiger partial charge in [0.2, 0.25) is 0 Å². The van der Waals surface area contributed by atoms with Gasteiger partial charge in [0.1, 0.15) is 12.4 Å². The summed E-state index contributed by atoms with van der Waals surface area (Å²) in [7, 11) is 3.40. The molecule has 7 nitrogen and oxygen atoms in total. The predicted octanol–water partition coefficient (Wildman–Crippen LogP) is 3.29. The number of amides is 1. The first-order valence-electron chi connectivity index (χ1n) is 11.3. The molecule has 182 valence electrons. The maximum Gasteiger partial charge on any atom is 0.251 e. The Morgan fingerprint density at radius 1 is 1.06 bits per heavy atom. The van der Waals surface area contributed by atoms with Crippen LogP contribution in [-0.2, 0) is 13.0 Å². The van der Waals surface area contributed by atoms with Gasteiger partial charge in [0.15, 0.2) is 5.96 Å². The molecule has 8 heteroatoms. The van der Waals surface area contributed by atoms with E-state index in [-0.39, 0.29) is 29.9 Å². The number of rotatable bonds is 12.